The molecule has 0 radical (unpaired) electrons. The third-order valence-corrected chi connectivity index (χ3v) is 3.95. The highest BCUT2D eigenvalue weighted by Crippen LogP contribution is 2.24. The van der Waals surface area contributed by atoms with E-state index in [9.17, 15) is 9.18 Å². The highest BCUT2D eigenvalue weighted by Gasteiger charge is 2.17. The first-order valence-corrected chi connectivity index (χ1v) is 7.24. The van der Waals surface area contributed by atoms with E-state index in [0.717, 1.165) is 5.69 Å². The van der Waals surface area contributed by atoms with Gasteiger partial charge in [0.25, 0.3) is 5.56 Å². The summed E-state index contributed by atoms with van der Waals surface area (Å²) in [4.78, 5) is 20.3. The number of halogens is 2. The van der Waals surface area contributed by atoms with E-state index in [1.54, 1.807) is 0 Å². The Hall–Kier alpha value is -1.88. The van der Waals surface area contributed by atoms with Gasteiger partial charge < -0.3 is 4.98 Å². The van der Waals surface area contributed by atoms with Crippen LogP contribution in [0.2, 0.25) is 5.02 Å². The predicted octanol–water partition coefficient (Wildman–Crippen LogP) is 3.65. The summed E-state index contributed by atoms with van der Waals surface area (Å²) in [5.41, 5.74) is 2.35. The molecule has 0 aliphatic carbocycles. The zero-order valence-corrected chi connectivity index (χ0v) is 12.8. The summed E-state index contributed by atoms with van der Waals surface area (Å²) in [6.45, 7) is 5.96. The molecule has 21 heavy (non-hydrogen) atoms. The first-order chi connectivity index (χ1) is 9.93. The minimum absolute atomic E-state index is 0.00171. The normalized spacial score (nSPS) is 11.9. The van der Waals surface area contributed by atoms with Crippen LogP contribution in [0.1, 0.15) is 37.9 Å². The topological polar surface area (TPSA) is 50.2 Å². The fraction of sp³-hybridized carbons (Fsp3) is 0.333. The largest absolute Gasteiger partial charge is 0.328 e. The van der Waals surface area contributed by atoms with Crippen molar-refractivity contribution >= 4 is 28.4 Å². The van der Waals surface area contributed by atoms with Gasteiger partial charge in [0.05, 0.1) is 16.1 Å². The van der Waals surface area contributed by atoms with E-state index in [0.29, 0.717) is 28.8 Å². The summed E-state index contributed by atoms with van der Waals surface area (Å²) in [7, 11) is 0. The molecule has 110 valence electrons. The van der Waals surface area contributed by atoms with Crippen molar-refractivity contribution in [3.05, 3.63) is 44.6 Å². The van der Waals surface area contributed by atoms with Crippen LogP contribution in [-0.2, 0) is 6.42 Å². The van der Waals surface area contributed by atoms with Gasteiger partial charge in [-0.25, -0.2) is 13.8 Å². The standard InChI is InChI=1S/C15H15ClFN3O/c1-4-8-13(7(2)3)19-15-18-11-5-9(16)10(17)6-12(11)20(15)14(8)21/h5-7H,4H2,1-3H3,(H,18,19). The minimum atomic E-state index is -0.559. The molecule has 3 aromatic rings. The maximum atomic E-state index is 13.7. The van der Waals surface area contributed by atoms with E-state index in [4.69, 9.17) is 11.6 Å². The molecule has 0 saturated heterocycles. The van der Waals surface area contributed by atoms with Gasteiger partial charge in [-0.3, -0.25) is 4.79 Å². The fourth-order valence-electron chi connectivity index (χ4n) is 2.64. The van der Waals surface area contributed by atoms with Crippen LogP contribution in [0.5, 0.6) is 0 Å². The molecule has 0 unspecified atom stereocenters. The van der Waals surface area contributed by atoms with Gasteiger partial charge in [-0.05, 0) is 18.4 Å². The maximum absolute atomic E-state index is 13.7. The van der Waals surface area contributed by atoms with Crippen LogP contribution in [0, 0.1) is 5.82 Å². The molecule has 1 aromatic carbocycles. The molecule has 6 heteroatoms. The van der Waals surface area contributed by atoms with E-state index in [1.165, 1.54) is 16.5 Å². The molecule has 0 saturated carbocycles. The summed E-state index contributed by atoms with van der Waals surface area (Å²) < 4.78 is 15.1. The number of imidazole rings is 1. The number of hydrogen-bond donors (Lipinski definition) is 1. The summed E-state index contributed by atoms with van der Waals surface area (Å²) >= 11 is 5.78. The van der Waals surface area contributed by atoms with Crippen LogP contribution in [-0.4, -0.2) is 14.4 Å². The molecule has 2 heterocycles. The van der Waals surface area contributed by atoms with Crippen molar-refractivity contribution in [1.29, 1.82) is 0 Å². The zero-order valence-electron chi connectivity index (χ0n) is 12.0. The van der Waals surface area contributed by atoms with Gasteiger partial charge in [0.15, 0.2) is 0 Å². The number of aromatic amines is 1. The molecule has 4 nitrogen and oxygen atoms in total. The second-order valence-electron chi connectivity index (χ2n) is 5.36. The van der Waals surface area contributed by atoms with Crippen LogP contribution < -0.4 is 5.56 Å². The van der Waals surface area contributed by atoms with Crippen LogP contribution in [0.15, 0.2) is 16.9 Å². The number of aromatic nitrogens is 3. The molecule has 0 amide bonds. The van der Waals surface area contributed by atoms with E-state index < -0.39 is 5.82 Å². The summed E-state index contributed by atoms with van der Waals surface area (Å²) in [5, 5.41) is -0.00171. The Morgan fingerprint density at radius 2 is 2.14 bits per heavy atom. The highest BCUT2D eigenvalue weighted by atomic mass is 35.5. The molecule has 2 aromatic heterocycles. The molecule has 0 bridgehead atoms. The first kappa shape index (κ1) is 14.1. The number of benzene rings is 1. The second kappa shape index (κ2) is 4.84. The smallest absolute Gasteiger partial charge is 0.262 e. The Balaban J connectivity index is 2.52. The van der Waals surface area contributed by atoms with Gasteiger partial charge in [-0.2, -0.15) is 0 Å². The monoisotopic (exact) mass is 307 g/mol. The average Bonchev–Trinajstić information content (AvgIpc) is 2.76. The van der Waals surface area contributed by atoms with Crippen LogP contribution in [0.4, 0.5) is 4.39 Å². The third-order valence-electron chi connectivity index (χ3n) is 3.66. The maximum Gasteiger partial charge on any atom is 0.262 e. The lowest BCUT2D eigenvalue weighted by Gasteiger charge is -2.11. The first-order valence-electron chi connectivity index (χ1n) is 6.86. The van der Waals surface area contributed by atoms with Crippen molar-refractivity contribution < 1.29 is 4.39 Å². The third kappa shape index (κ3) is 2.03. The van der Waals surface area contributed by atoms with Gasteiger partial charge in [0.1, 0.15) is 5.82 Å². The van der Waals surface area contributed by atoms with Crippen molar-refractivity contribution in [2.24, 2.45) is 0 Å². The van der Waals surface area contributed by atoms with Gasteiger partial charge in [0, 0.05) is 17.3 Å². The summed E-state index contributed by atoms with van der Waals surface area (Å²) in [6, 6.07) is 2.69. The second-order valence-corrected chi connectivity index (χ2v) is 5.76. The lowest BCUT2D eigenvalue weighted by molar-refractivity contribution is 0.629. The molecule has 0 aliphatic heterocycles. The molecule has 0 spiro atoms. The molecular formula is C15H15ClFN3O. The quantitative estimate of drug-likeness (QED) is 0.785. The number of nitrogens with zero attached hydrogens (tertiary/aromatic N) is 2. The molecule has 3 rings (SSSR count). The van der Waals surface area contributed by atoms with Crippen molar-refractivity contribution in [2.45, 2.75) is 33.1 Å². The summed E-state index contributed by atoms with van der Waals surface area (Å²) in [5.74, 6) is 0.0340. The average molecular weight is 308 g/mol. The zero-order chi connectivity index (χ0) is 15.3. The van der Waals surface area contributed by atoms with Crippen molar-refractivity contribution in [1.82, 2.24) is 14.4 Å². The van der Waals surface area contributed by atoms with Crippen LogP contribution >= 0.6 is 11.6 Å². The Morgan fingerprint density at radius 1 is 1.43 bits per heavy atom. The molecule has 0 aliphatic rings. The molecular weight excluding hydrogens is 293 g/mol. The Bertz CT molecular complexity index is 911. The number of H-pyrrole nitrogens is 1. The lowest BCUT2D eigenvalue weighted by Crippen LogP contribution is -2.22. The van der Waals surface area contributed by atoms with E-state index in [1.807, 2.05) is 20.8 Å². The predicted molar refractivity (Wildman–Crippen MR) is 81.8 cm³/mol. The SMILES string of the molecule is CCc1c(C(C)C)[nH]c2nc3cc(Cl)c(F)cc3n2c1=O. The fourth-order valence-corrected chi connectivity index (χ4v) is 2.80. The Labute approximate surface area is 125 Å². The van der Waals surface area contributed by atoms with Crippen LogP contribution in [0.25, 0.3) is 16.8 Å². The minimum Gasteiger partial charge on any atom is -0.328 e. The van der Waals surface area contributed by atoms with Gasteiger partial charge >= 0.3 is 0 Å². The molecule has 0 atom stereocenters. The molecule has 1 N–H and O–H groups in total. The Kier molecular flexibility index (Phi) is 3.24. The van der Waals surface area contributed by atoms with Crippen molar-refractivity contribution in [2.75, 3.05) is 0 Å². The van der Waals surface area contributed by atoms with Crippen molar-refractivity contribution in [3.8, 4) is 0 Å². The number of fused-ring (bicyclic) bond motifs is 3. The van der Waals surface area contributed by atoms with E-state index >= 15 is 0 Å². The Morgan fingerprint density at radius 3 is 2.76 bits per heavy atom. The lowest BCUT2D eigenvalue weighted by atomic mass is 10.0. The van der Waals surface area contributed by atoms with Gasteiger partial charge in [-0.1, -0.05) is 32.4 Å². The summed E-state index contributed by atoms with van der Waals surface area (Å²) in [6.07, 6.45) is 0.606. The number of rotatable bonds is 2. The van der Waals surface area contributed by atoms with E-state index in [2.05, 4.69) is 9.97 Å². The highest BCUT2D eigenvalue weighted by molar-refractivity contribution is 6.31. The number of hydrogen-bond acceptors (Lipinski definition) is 2. The van der Waals surface area contributed by atoms with Gasteiger partial charge in [-0.15, -0.1) is 0 Å². The number of nitrogens with one attached hydrogen (secondary N) is 1. The van der Waals surface area contributed by atoms with Gasteiger partial charge in [0.2, 0.25) is 5.78 Å². The van der Waals surface area contributed by atoms with Crippen molar-refractivity contribution in [3.63, 3.8) is 0 Å². The van der Waals surface area contributed by atoms with E-state index in [-0.39, 0.29) is 16.5 Å². The van der Waals surface area contributed by atoms with Crippen LogP contribution in [0.3, 0.4) is 0 Å². The molecule has 0 fully saturated rings.